The maximum absolute atomic E-state index is 12.6. The number of esters is 2. The highest BCUT2D eigenvalue weighted by Gasteiger charge is 2.24. The quantitative estimate of drug-likeness (QED) is 0.0278. The van der Waals surface area contributed by atoms with E-state index >= 15 is 0 Å². The SMILES string of the molecule is CCCCCCCCCC/C=C\CCCCCCCCCCCC(=O)OC(COC(=O)CCCCCCCCCCCCCCCCCCCCCCCC)COP(=O)(O)OC. The zero-order chi connectivity index (χ0) is 45.3. The molecule has 0 aliphatic heterocycles. The van der Waals surface area contributed by atoms with E-state index in [9.17, 15) is 19.0 Å². The Morgan fingerprint density at radius 1 is 0.435 bits per heavy atom. The molecule has 0 aliphatic rings. The van der Waals surface area contributed by atoms with E-state index in [2.05, 4.69) is 30.5 Å². The number of rotatable bonds is 51. The molecule has 0 aromatic rings. The van der Waals surface area contributed by atoms with Gasteiger partial charge in [-0.2, -0.15) is 0 Å². The van der Waals surface area contributed by atoms with Crippen molar-refractivity contribution in [1.29, 1.82) is 0 Å². The molecule has 2 atom stereocenters. The summed E-state index contributed by atoms with van der Waals surface area (Å²) in [7, 11) is -3.19. The molecule has 0 fully saturated rings. The van der Waals surface area contributed by atoms with E-state index in [1.165, 1.54) is 225 Å². The Labute approximate surface area is 384 Å². The van der Waals surface area contributed by atoms with Crippen LogP contribution < -0.4 is 0 Å². The number of unbranched alkanes of at least 4 members (excludes halogenated alkanes) is 38. The molecule has 0 aliphatic carbocycles. The lowest BCUT2D eigenvalue weighted by Crippen LogP contribution is -2.29. The summed E-state index contributed by atoms with van der Waals surface area (Å²) >= 11 is 0. The van der Waals surface area contributed by atoms with Crippen molar-refractivity contribution in [1.82, 2.24) is 0 Å². The molecule has 0 saturated carbocycles. The number of hydrogen-bond donors (Lipinski definition) is 1. The van der Waals surface area contributed by atoms with Gasteiger partial charge in [-0.25, -0.2) is 4.57 Å². The molecule has 1 N–H and O–H groups in total. The summed E-state index contributed by atoms with van der Waals surface area (Å²) in [6.07, 6.45) is 57.1. The lowest BCUT2D eigenvalue weighted by Gasteiger charge is -2.19. The highest BCUT2D eigenvalue weighted by molar-refractivity contribution is 7.47. The average molecular weight is 899 g/mol. The minimum atomic E-state index is -4.26. The van der Waals surface area contributed by atoms with Crippen molar-refractivity contribution < 1.29 is 37.6 Å². The van der Waals surface area contributed by atoms with Crippen molar-refractivity contribution in [3.05, 3.63) is 12.2 Å². The second-order valence-corrected chi connectivity index (χ2v) is 19.9. The maximum atomic E-state index is 12.6. The van der Waals surface area contributed by atoms with Gasteiger partial charge in [-0.1, -0.05) is 251 Å². The molecule has 0 rings (SSSR count). The molecule has 9 heteroatoms. The van der Waals surface area contributed by atoms with Gasteiger partial charge in [-0.3, -0.25) is 18.6 Å². The first-order valence-electron chi connectivity index (χ1n) is 26.9. The van der Waals surface area contributed by atoms with E-state index < -0.39 is 26.5 Å². The predicted molar refractivity (Wildman–Crippen MR) is 263 cm³/mol. The Kier molecular flexibility index (Phi) is 48.3. The third-order valence-electron chi connectivity index (χ3n) is 12.3. The molecular weight excluding hydrogens is 796 g/mol. The molecule has 0 aromatic carbocycles. The largest absolute Gasteiger partial charge is 0.472 e. The van der Waals surface area contributed by atoms with E-state index in [1.54, 1.807) is 0 Å². The van der Waals surface area contributed by atoms with Crippen molar-refractivity contribution in [3.8, 4) is 0 Å². The Bertz CT molecular complexity index is 1020. The molecule has 0 spiro atoms. The second kappa shape index (κ2) is 49.2. The summed E-state index contributed by atoms with van der Waals surface area (Å²) in [5.41, 5.74) is 0. The van der Waals surface area contributed by atoms with Crippen LogP contribution in [0.3, 0.4) is 0 Å². The van der Waals surface area contributed by atoms with Crippen molar-refractivity contribution in [2.75, 3.05) is 20.3 Å². The summed E-state index contributed by atoms with van der Waals surface area (Å²) < 4.78 is 32.2. The van der Waals surface area contributed by atoms with Gasteiger partial charge >= 0.3 is 19.8 Å². The van der Waals surface area contributed by atoms with Crippen LogP contribution >= 0.6 is 7.82 Å². The van der Waals surface area contributed by atoms with Gasteiger partial charge in [0.25, 0.3) is 0 Å². The molecule has 0 amide bonds. The summed E-state index contributed by atoms with van der Waals surface area (Å²) in [5, 5.41) is 0. The molecule has 62 heavy (non-hydrogen) atoms. The summed E-state index contributed by atoms with van der Waals surface area (Å²) in [5.74, 6) is -0.786. The van der Waals surface area contributed by atoms with Crippen LogP contribution in [0.2, 0.25) is 0 Å². The zero-order valence-corrected chi connectivity index (χ0v) is 42.2. The first-order valence-corrected chi connectivity index (χ1v) is 28.4. The third kappa shape index (κ3) is 48.3. The second-order valence-electron chi connectivity index (χ2n) is 18.4. The number of ether oxygens (including phenoxy) is 2. The topological polar surface area (TPSA) is 108 Å². The molecule has 8 nitrogen and oxygen atoms in total. The average Bonchev–Trinajstić information content (AvgIpc) is 3.26. The summed E-state index contributed by atoms with van der Waals surface area (Å²) in [6, 6.07) is 0. The highest BCUT2D eigenvalue weighted by atomic mass is 31.2. The van der Waals surface area contributed by atoms with Crippen molar-refractivity contribution in [2.45, 2.75) is 296 Å². The summed E-state index contributed by atoms with van der Waals surface area (Å²) in [6.45, 7) is 3.95. The van der Waals surface area contributed by atoms with Crippen LogP contribution in [0.15, 0.2) is 12.2 Å². The number of phosphoric ester groups is 1. The fourth-order valence-corrected chi connectivity index (χ4v) is 8.59. The molecule has 2 unspecified atom stereocenters. The van der Waals surface area contributed by atoms with E-state index in [1.807, 2.05) is 0 Å². The number of allylic oxidation sites excluding steroid dienone is 2. The zero-order valence-electron chi connectivity index (χ0n) is 41.3. The van der Waals surface area contributed by atoms with Crippen LogP contribution in [-0.4, -0.2) is 43.3 Å². The Hall–Kier alpha value is -1.21. The van der Waals surface area contributed by atoms with E-state index in [4.69, 9.17) is 14.0 Å². The normalized spacial score (nSPS) is 13.2. The van der Waals surface area contributed by atoms with E-state index in [-0.39, 0.29) is 19.0 Å². The predicted octanol–water partition coefficient (Wildman–Crippen LogP) is 17.6. The van der Waals surface area contributed by atoms with Gasteiger partial charge < -0.3 is 14.4 Å². The van der Waals surface area contributed by atoms with Crippen LogP contribution in [0.4, 0.5) is 0 Å². The monoisotopic (exact) mass is 899 g/mol. The maximum Gasteiger partial charge on any atom is 0.472 e. The van der Waals surface area contributed by atoms with E-state index in [0.29, 0.717) is 12.8 Å². The minimum absolute atomic E-state index is 0.219. The molecule has 0 bridgehead atoms. The number of carbonyl (C=O) groups is 2. The third-order valence-corrected chi connectivity index (χ3v) is 13.2. The lowest BCUT2D eigenvalue weighted by molar-refractivity contribution is -0.161. The molecule has 0 saturated heterocycles. The number of hydrogen-bond acceptors (Lipinski definition) is 7. The van der Waals surface area contributed by atoms with Crippen molar-refractivity contribution in [3.63, 3.8) is 0 Å². The van der Waals surface area contributed by atoms with E-state index in [0.717, 1.165) is 39.2 Å². The molecular formula is C53H103O8P. The first kappa shape index (κ1) is 60.8. The Morgan fingerprint density at radius 3 is 1.05 bits per heavy atom. The van der Waals surface area contributed by atoms with Gasteiger partial charge in [0.2, 0.25) is 0 Å². The molecule has 368 valence electrons. The van der Waals surface area contributed by atoms with Crippen molar-refractivity contribution in [2.24, 2.45) is 0 Å². The standard InChI is InChI=1S/C53H103O8P/c1-4-6-8-10-12-14-16-18-20-22-24-26-28-29-31-33-35-37-39-41-43-45-47-52(54)59-49-51(50-60-62(56,57)58-3)61-53(55)48-46-44-42-40-38-36-34-32-30-27-25-23-21-19-17-15-13-11-9-7-5-2/h23,25,51H,4-22,24,26-50H2,1-3H3,(H,56,57)/b25-23-. The van der Waals surface area contributed by atoms with Crippen LogP contribution in [0, 0.1) is 0 Å². The summed E-state index contributed by atoms with van der Waals surface area (Å²) in [4.78, 5) is 34.7. The highest BCUT2D eigenvalue weighted by Crippen LogP contribution is 2.42. The lowest BCUT2D eigenvalue weighted by atomic mass is 10.0. The molecule has 0 heterocycles. The van der Waals surface area contributed by atoms with Gasteiger partial charge in [0.1, 0.15) is 6.61 Å². The molecule has 0 radical (unpaired) electrons. The molecule has 0 aromatic heterocycles. The van der Waals surface area contributed by atoms with Crippen LogP contribution in [-0.2, 0) is 32.7 Å². The van der Waals surface area contributed by atoms with Gasteiger partial charge in [-0.15, -0.1) is 0 Å². The fraction of sp³-hybridized carbons (Fsp3) is 0.925. The first-order chi connectivity index (χ1) is 30.3. The van der Waals surface area contributed by atoms with Crippen LogP contribution in [0.5, 0.6) is 0 Å². The Morgan fingerprint density at radius 2 is 0.726 bits per heavy atom. The van der Waals surface area contributed by atoms with Crippen LogP contribution in [0.25, 0.3) is 0 Å². The Balaban J connectivity index is 3.83. The minimum Gasteiger partial charge on any atom is -0.462 e. The number of phosphoric acid groups is 1. The van der Waals surface area contributed by atoms with Gasteiger partial charge in [0.05, 0.1) is 6.61 Å². The fourth-order valence-electron chi connectivity index (χ4n) is 8.13. The van der Waals surface area contributed by atoms with Gasteiger partial charge in [0.15, 0.2) is 6.10 Å². The van der Waals surface area contributed by atoms with Crippen LogP contribution in [0.1, 0.15) is 290 Å². The van der Waals surface area contributed by atoms with Gasteiger partial charge in [-0.05, 0) is 38.5 Å². The van der Waals surface area contributed by atoms with Gasteiger partial charge in [0, 0.05) is 20.0 Å². The number of carbonyl (C=O) groups excluding carboxylic acids is 2. The smallest absolute Gasteiger partial charge is 0.462 e. The van der Waals surface area contributed by atoms with Crippen molar-refractivity contribution >= 4 is 19.8 Å².